The van der Waals surface area contributed by atoms with E-state index in [2.05, 4.69) is 21.2 Å². The quantitative estimate of drug-likeness (QED) is 0.774. The minimum Gasteiger partial charge on any atom is -0.458 e. The van der Waals surface area contributed by atoms with Gasteiger partial charge in [-0.15, -0.1) is 0 Å². The van der Waals surface area contributed by atoms with Crippen LogP contribution < -0.4 is 5.32 Å². The molecule has 18 heavy (non-hydrogen) atoms. The van der Waals surface area contributed by atoms with E-state index in [-0.39, 0.29) is 6.04 Å². The van der Waals surface area contributed by atoms with E-state index >= 15 is 0 Å². The molecule has 1 saturated carbocycles. The number of rotatable bonds is 3. The summed E-state index contributed by atoms with van der Waals surface area (Å²) in [5.41, 5.74) is 0.667. The molecule has 0 aliphatic heterocycles. The Balaban J connectivity index is 2.15. The van der Waals surface area contributed by atoms with E-state index in [1.807, 2.05) is 13.1 Å². The molecular weight excluding hydrogens is 337 g/mol. The van der Waals surface area contributed by atoms with E-state index in [0.29, 0.717) is 21.5 Å². The summed E-state index contributed by atoms with van der Waals surface area (Å²) in [4.78, 5) is 0. The van der Waals surface area contributed by atoms with Gasteiger partial charge < -0.3 is 9.73 Å². The van der Waals surface area contributed by atoms with Crippen LogP contribution in [0, 0.1) is 5.92 Å². The van der Waals surface area contributed by atoms with Crippen LogP contribution in [0.2, 0.25) is 10.0 Å². The van der Waals surface area contributed by atoms with Gasteiger partial charge in [-0.25, -0.2) is 0 Å². The number of hydrogen-bond acceptors (Lipinski definition) is 2. The summed E-state index contributed by atoms with van der Waals surface area (Å²) in [5, 5.41) is 5.40. The molecule has 0 radical (unpaired) electrons. The molecular formula is C13H12BrCl2NO. The van der Waals surface area contributed by atoms with Crippen molar-refractivity contribution in [1.82, 2.24) is 5.32 Å². The summed E-state index contributed by atoms with van der Waals surface area (Å²) in [6.45, 7) is 0. The number of benzene rings is 1. The van der Waals surface area contributed by atoms with Crippen molar-refractivity contribution in [2.45, 2.75) is 18.9 Å². The molecule has 2 aromatic rings. The maximum atomic E-state index is 6.27. The fraction of sp³-hybridized carbons (Fsp3) is 0.385. The number of hydrogen-bond donors (Lipinski definition) is 1. The molecule has 1 heterocycles. The van der Waals surface area contributed by atoms with Gasteiger partial charge in [0.05, 0.1) is 16.1 Å². The van der Waals surface area contributed by atoms with Crippen molar-refractivity contribution in [3.63, 3.8) is 0 Å². The fourth-order valence-corrected chi connectivity index (χ4v) is 3.33. The van der Waals surface area contributed by atoms with Crippen molar-refractivity contribution in [1.29, 1.82) is 0 Å². The molecule has 1 aliphatic rings. The fourth-order valence-electron chi connectivity index (χ4n) is 2.31. The summed E-state index contributed by atoms with van der Waals surface area (Å²) >= 11 is 15.9. The number of furan rings is 1. The second-order valence-electron chi connectivity index (χ2n) is 4.65. The van der Waals surface area contributed by atoms with Crippen LogP contribution in [0.4, 0.5) is 0 Å². The number of nitrogens with one attached hydrogen (secondary N) is 1. The summed E-state index contributed by atoms with van der Waals surface area (Å²) in [6.07, 6.45) is 2.49. The minimum atomic E-state index is 0.253. The Morgan fingerprint density at radius 2 is 2.11 bits per heavy atom. The zero-order valence-corrected chi connectivity index (χ0v) is 12.9. The van der Waals surface area contributed by atoms with Crippen LogP contribution in [0.5, 0.6) is 0 Å². The van der Waals surface area contributed by atoms with E-state index in [9.17, 15) is 0 Å². The lowest BCUT2D eigenvalue weighted by atomic mass is 10.1. The molecule has 2 nitrogen and oxygen atoms in total. The van der Waals surface area contributed by atoms with Crippen molar-refractivity contribution in [2.75, 3.05) is 7.05 Å². The van der Waals surface area contributed by atoms with E-state index in [0.717, 1.165) is 15.6 Å². The molecule has 1 N–H and O–H groups in total. The Labute approximate surface area is 124 Å². The second kappa shape index (κ2) is 4.71. The Morgan fingerprint density at radius 3 is 2.72 bits per heavy atom. The molecule has 96 valence electrons. The van der Waals surface area contributed by atoms with Gasteiger partial charge in [-0.1, -0.05) is 23.2 Å². The van der Waals surface area contributed by atoms with Crippen LogP contribution in [0.1, 0.15) is 24.6 Å². The zero-order valence-electron chi connectivity index (χ0n) is 9.77. The van der Waals surface area contributed by atoms with Crippen LogP contribution in [0.3, 0.4) is 0 Å². The van der Waals surface area contributed by atoms with Gasteiger partial charge in [-0.2, -0.15) is 0 Å². The van der Waals surface area contributed by atoms with Gasteiger partial charge >= 0.3 is 0 Å². The van der Waals surface area contributed by atoms with E-state index in [1.165, 1.54) is 12.8 Å². The zero-order chi connectivity index (χ0) is 12.9. The lowest BCUT2D eigenvalue weighted by Gasteiger charge is -2.11. The third kappa shape index (κ3) is 2.07. The van der Waals surface area contributed by atoms with E-state index < -0.39 is 0 Å². The van der Waals surface area contributed by atoms with Crippen LogP contribution in [0.15, 0.2) is 21.0 Å². The predicted molar refractivity (Wildman–Crippen MR) is 78.5 cm³/mol. The first-order chi connectivity index (χ1) is 8.61. The van der Waals surface area contributed by atoms with Crippen LogP contribution in [0.25, 0.3) is 11.0 Å². The summed E-state index contributed by atoms with van der Waals surface area (Å²) in [5.74, 6) is 1.58. The van der Waals surface area contributed by atoms with Crippen molar-refractivity contribution >= 4 is 50.1 Å². The first-order valence-electron chi connectivity index (χ1n) is 5.86. The van der Waals surface area contributed by atoms with Crippen LogP contribution >= 0.6 is 39.1 Å². The smallest absolute Gasteiger partial charge is 0.154 e. The van der Waals surface area contributed by atoms with Gasteiger partial charge in [0, 0.05) is 9.86 Å². The first-order valence-corrected chi connectivity index (χ1v) is 7.41. The maximum Gasteiger partial charge on any atom is 0.154 e. The molecule has 1 aromatic heterocycles. The topological polar surface area (TPSA) is 25.2 Å². The molecule has 1 fully saturated rings. The lowest BCUT2D eigenvalue weighted by Crippen LogP contribution is -2.17. The number of halogens is 3. The Kier molecular flexibility index (Phi) is 3.35. The monoisotopic (exact) mass is 347 g/mol. The molecule has 0 saturated heterocycles. The highest BCUT2D eigenvalue weighted by atomic mass is 79.9. The Bertz CT molecular complexity index is 607. The van der Waals surface area contributed by atoms with Gasteiger partial charge in [-0.3, -0.25) is 0 Å². The third-order valence-electron chi connectivity index (χ3n) is 3.38. The van der Waals surface area contributed by atoms with Crippen molar-refractivity contribution in [3.8, 4) is 0 Å². The average molecular weight is 349 g/mol. The number of fused-ring (bicyclic) bond motifs is 1. The van der Waals surface area contributed by atoms with Gasteiger partial charge in [0.25, 0.3) is 0 Å². The van der Waals surface area contributed by atoms with Crippen LogP contribution in [-0.4, -0.2) is 7.05 Å². The van der Waals surface area contributed by atoms with Crippen molar-refractivity contribution in [3.05, 3.63) is 32.4 Å². The van der Waals surface area contributed by atoms with E-state index in [4.69, 9.17) is 27.6 Å². The molecule has 0 spiro atoms. The molecule has 1 aliphatic carbocycles. The van der Waals surface area contributed by atoms with Gasteiger partial charge in [0.15, 0.2) is 5.58 Å². The molecule has 3 rings (SSSR count). The molecule has 1 unspecified atom stereocenters. The average Bonchev–Trinajstić information content (AvgIpc) is 3.06. The highest BCUT2D eigenvalue weighted by molar-refractivity contribution is 9.10. The highest BCUT2D eigenvalue weighted by Gasteiger charge is 2.33. The largest absolute Gasteiger partial charge is 0.458 e. The lowest BCUT2D eigenvalue weighted by molar-refractivity contribution is 0.419. The molecule has 0 amide bonds. The summed E-state index contributed by atoms with van der Waals surface area (Å²) < 4.78 is 6.68. The van der Waals surface area contributed by atoms with Crippen LogP contribution in [-0.2, 0) is 0 Å². The highest BCUT2D eigenvalue weighted by Crippen LogP contribution is 2.44. The molecule has 1 aromatic carbocycles. The summed E-state index contributed by atoms with van der Waals surface area (Å²) in [6, 6.07) is 4.02. The second-order valence-corrected chi connectivity index (χ2v) is 6.29. The molecule has 5 heteroatoms. The minimum absolute atomic E-state index is 0.253. The van der Waals surface area contributed by atoms with Crippen molar-refractivity contribution < 1.29 is 4.42 Å². The van der Waals surface area contributed by atoms with Gasteiger partial charge in [0.2, 0.25) is 0 Å². The third-order valence-corrected chi connectivity index (χ3v) is 4.92. The standard InChI is InChI=1S/C13H12BrCl2NO/c1-17-12(6-2-3-6)10-4-7-11(16)8(14)5-9(15)13(7)18-10/h4-6,12,17H,2-3H2,1H3. The normalized spacial score (nSPS) is 17.3. The maximum absolute atomic E-state index is 6.27. The summed E-state index contributed by atoms with van der Waals surface area (Å²) in [7, 11) is 1.95. The van der Waals surface area contributed by atoms with Gasteiger partial charge in [-0.05, 0) is 53.9 Å². The van der Waals surface area contributed by atoms with Crippen molar-refractivity contribution in [2.24, 2.45) is 5.92 Å². The molecule has 0 bridgehead atoms. The SMILES string of the molecule is CNC(c1cc2c(Cl)c(Br)cc(Cl)c2o1)C1CC1. The first kappa shape index (κ1) is 12.8. The Morgan fingerprint density at radius 1 is 1.39 bits per heavy atom. The Hall–Kier alpha value is -0.220. The van der Waals surface area contributed by atoms with Gasteiger partial charge in [0.1, 0.15) is 5.76 Å². The molecule has 1 atom stereocenters. The van der Waals surface area contributed by atoms with E-state index in [1.54, 1.807) is 6.07 Å². The predicted octanol–water partition coefficient (Wildman–Crippen LogP) is 5.17.